The summed E-state index contributed by atoms with van der Waals surface area (Å²) in [6, 6.07) is 18.2. The van der Waals surface area contributed by atoms with Crippen LogP contribution in [-0.2, 0) is 6.54 Å². The molecule has 0 unspecified atom stereocenters. The third-order valence-corrected chi connectivity index (χ3v) is 3.38. The molecule has 0 fully saturated rings. The van der Waals surface area contributed by atoms with E-state index in [4.69, 9.17) is 4.74 Å². The zero-order valence-electron chi connectivity index (χ0n) is 12.3. The molecule has 0 aliphatic heterocycles. The Balaban J connectivity index is 2.04. The molecule has 0 spiro atoms. The monoisotopic (exact) mass is 278 g/mol. The quantitative estimate of drug-likeness (QED) is 0.781. The Morgan fingerprint density at radius 3 is 2.62 bits per heavy atom. The first-order valence-corrected chi connectivity index (χ1v) is 7.04. The summed E-state index contributed by atoms with van der Waals surface area (Å²) >= 11 is 0. The van der Waals surface area contributed by atoms with Gasteiger partial charge in [-0.15, -0.1) is 0 Å². The summed E-state index contributed by atoms with van der Waals surface area (Å²) in [4.78, 5) is 4.61. The van der Waals surface area contributed by atoms with Crippen LogP contribution in [0.1, 0.15) is 11.3 Å². The summed E-state index contributed by atoms with van der Waals surface area (Å²) in [5.41, 5.74) is 3.02. The molecule has 1 heterocycles. The number of hydrogen-bond donors (Lipinski definition) is 1. The van der Waals surface area contributed by atoms with E-state index in [0.717, 1.165) is 40.2 Å². The Labute approximate surface area is 124 Å². The van der Waals surface area contributed by atoms with Gasteiger partial charge in [-0.2, -0.15) is 0 Å². The number of fused-ring (bicyclic) bond motifs is 1. The maximum Gasteiger partial charge on any atom is 0.153 e. The number of nitrogens with zero attached hydrogens (tertiary/aromatic N) is 1. The van der Waals surface area contributed by atoms with Crippen molar-refractivity contribution in [3.8, 4) is 11.5 Å². The number of aryl methyl sites for hydroxylation is 1. The van der Waals surface area contributed by atoms with E-state index in [1.165, 1.54) is 0 Å². The lowest BCUT2D eigenvalue weighted by atomic mass is 10.1. The molecule has 0 atom stereocenters. The number of pyridine rings is 1. The second kappa shape index (κ2) is 5.94. The highest BCUT2D eigenvalue weighted by atomic mass is 16.5. The van der Waals surface area contributed by atoms with Crippen LogP contribution in [0.25, 0.3) is 10.9 Å². The molecule has 1 aromatic heterocycles. The van der Waals surface area contributed by atoms with Crippen LogP contribution in [0.5, 0.6) is 11.5 Å². The van der Waals surface area contributed by atoms with Crippen molar-refractivity contribution in [3.05, 3.63) is 65.9 Å². The smallest absolute Gasteiger partial charge is 0.153 e. The molecule has 3 rings (SSSR count). The number of aromatic nitrogens is 1. The van der Waals surface area contributed by atoms with Gasteiger partial charge in [0.25, 0.3) is 0 Å². The van der Waals surface area contributed by atoms with E-state index in [2.05, 4.69) is 22.4 Å². The lowest BCUT2D eigenvalue weighted by molar-refractivity contribution is 0.478. The van der Waals surface area contributed by atoms with Crippen LogP contribution in [0.3, 0.4) is 0 Å². The average molecular weight is 278 g/mol. The number of nitrogens with one attached hydrogen (secondary N) is 1. The van der Waals surface area contributed by atoms with Crippen LogP contribution in [0.2, 0.25) is 0 Å². The molecule has 0 saturated heterocycles. The Kier molecular flexibility index (Phi) is 3.84. The lowest BCUT2D eigenvalue weighted by Gasteiger charge is -2.12. The molecule has 0 amide bonds. The predicted octanol–water partition coefficient (Wildman–Crippen LogP) is 4.05. The van der Waals surface area contributed by atoms with Crippen LogP contribution < -0.4 is 10.1 Å². The second-order valence-corrected chi connectivity index (χ2v) is 5.02. The highest BCUT2D eigenvalue weighted by Gasteiger charge is 2.08. The first kappa shape index (κ1) is 13.6. The summed E-state index contributed by atoms with van der Waals surface area (Å²) in [7, 11) is 1.93. The lowest BCUT2D eigenvalue weighted by Crippen LogP contribution is -2.06. The highest BCUT2D eigenvalue weighted by Crippen LogP contribution is 2.30. The molecule has 3 heteroatoms. The van der Waals surface area contributed by atoms with Crippen molar-refractivity contribution in [1.29, 1.82) is 0 Å². The summed E-state index contributed by atoms with van der Waals surface area (Å²) in [6.07, 6.45) is 0. The van der Waals surface area contributed by atoms with Crippen molar-refractivity contribution in [2.24, 2.45) is 0 Å². The fraction of sp³-hybridized carbons (Fsp3) is 0.167. The molecule has 1 N–H and O–H groups in total. The third kappa shape index (κ3) is 2.88. The van der Waals surface area contributed by atoms with Gasteiger partial charge in [-0.1, -0.05) is 36.4 Å². The van der Waals surface area contributed by atoms with E-state index in [9.17, 15) is 0 Å². The van der Waals surface area contributed by atoms with Gasteiger partial charge in [0.1, 0.15) is 11.3 Å². The van der Waals surface area contributed by atoms with E-state index in [0.29, 0.717) is 0 Å². The molecule has 0 saturated carbocycles. The maximum absolute atomic E-state index is 6.13. The predicted molar refractivity (Wildman–Crippen MR) is 85.8 cm³/mol. The fourth-order valence-corrected chi connectivity index (χ4v) is 2.36. The van der Waals surface area contributed by atoms with Gasteiger partial charge >= 0.3 is 0 Å². The molecule has 21 heavy (non-hydrogen) atoms. The third-order valence-electron chi connectivity index (χ3n) is 3.38. The van der Waals surface area contributed by atoms with E-state index in [1.54, 1.807) is 0 Å². The molecular weight excluding hydrogens is 260 g/mol. The molecule has 0 bridgehead atoms. The fourth-order valence-electron chi connectivity index (χ4n) is 2.36. The van der Waals surface area contributed by atoms with Crippen LogP contribution >= 0.6 is 0 Å². The van der Waals surface area contributed by atoms with Crippen molar-refractivity contribution in [2.45, 2.75) is 13.5 Å². The second-order valence-electron chi connectivity index (χ2n) is 5.02. The van der Waals surface area contributed by atoms with E-state index in [-0.39, 0.29) is 0 Å². The number of ether oxygens (including phenoxy) is 1. The zero-order valence-corrected chi connectivity index (χ0v) is 12.3. The van der Waals surface area contributed by atoms with Crippen LogP contribution in [0.15, 0.2) is 54.6 Å². The van der Waals surface area contributed by atoms with Gasteiger partial charge in [-0.3, -0.25) is 0 Å². The number of para-hydroxylation sites is 2. The number of hydrogen-bond acceptors (Lipinski definition) is 3. The molecule has 2 aromatic carbocycles. The molecular formula is C18H18N2O. The normalized spacial score (nSPS) is 10.8. The first-order valence-electron chi connectivity index (χ1n) is 7.04. The Morgan fingerprint density at radius 1 is 0.952 bits per heavy atom. The van der Waals surface area contributed by atoms with Gasteiger partial charge in [-0.25, -0.2) is 4.98 Å². The van der Waals surface area contributed by atoms with Crippen LogP contribution in [-0.4, -0.2) is 12.0 Å². The van der Waals surface area contributed by atoms with Crippen LogP contribution in [0, 0.1) is 6.92 Å². The molecule has 3 aromatic rings. The average Bonchev–Trinajstić information content (AvgIpc) is 2.50. The summed E-state index contributed by atoms with van der Waals surface area (Å²) in [5.74, 6) is 1.66. The zero-order chi connectivity index (χ0) is 14.7. The minimum Gasteiger partial charge on any atom is -0.455 e. The van der Waals surface area contributed by atoms with Crippen LogP contribution in [0.4, 0.5) is 0 Å². The number of rotatable bonds is 4. The van der Waals surface area contributed by atoms with Gasteiger partial charge in [0.05, 0.1) is 0 Å². The minimum atomic E-state index is 0.771. The Morgan fingerprint density at radius 2 is 1.76 bits per heavy atom. The van der Waals surface area contributed by atoms with Gasteiger partial charge in [0, 0.05) is 23.2 Å². The number of benzene rings is 2. The highest BCUT2D eigenvalue weighted by molar-refractivity contribution is 5.84. The maximum atomic E-state index is 6.13. The van der Waals surface area contributed by atoms with Crippen molar-refractivity contribution < 1.29 is 4.74 Å². The largest absolute Gasteiger partial charge is 0.455 e. The molecule has 0 aliphatic rings. The van der Waals surface area contributed by atoms with Gasteiger partial charge in [0.15, 0.2) is 5.75 Å². The standard InChI is InChI=1S/C18H18N2O/c1-13-10-11-14-7-5-9-17(18(14)20-13)21-16-8-4-3-6-15(16)12-19-2/h3-11,19H,12H2,1-2H3. The van der Waals surface area contributed by atoms with E-state index < -0.39 is 0 Å². The van der Waals surface area contributed by atoms with Gasteiger partial charge in [0.2, 0.25) is 0 Å². The van der Waals surface area contributed by atoms with Crippen molar-refractivity contribution in [3.63, 3.8) is 0 Å². The SMILES string of the molecule is CNCc1ccccc1Oc1cccc2ccc(C)nc12. The Hall–Kier alpha value is -2.39. The minimum absolute atomic E-state index is 0.771. The molecule has 0 aliphatic carbocycles. The van der Waals surface area contributed by atoms with E-state index >= 15 is 0 Å². The van der Waals surface area contributed by atoms with Gasteiger partial charge in [-0.05, 0) is 32.2 Å². The molecule has 106 valence electrons. The first-order chi connectivity index (χ1) is 10.3. The molecule has 0 radical (unpaired) electrons. The summed E-state index contributed by atoms with van der Waals surface area (Å²) < 4.78 is 6.13. The molecule has 3 nitrogen and oxygen atoms in total. The van der Waals surface area contributed by atoms with Gasteiger partial charge < -0.3 is 10.1 Å². The van der Waals surface area contributed by atoms with Crippen molar-refractivity contribution in [1.82, 2.24) is 10.3 Å². The summed E-state index contributed by atoms with van der Waals surface area (Å²) in [5, 5.41) is 4.25. The Bertz CT molecular complexity index is 768. The van der Waals surface area contributed by atoms with Crippen molar-refractivity contribution >= 4 is 10.9 Å². The van der Waals surface area contributed by atoms with E-state index in [1.807, 2.05) is 56.4 Å². The van der Waals surface area contributed by atoms with Crippen molar-refractivity contribution in [2.75, 3.05) is 7.05 Å². The summed E-state index contributed by atoms with van der Waals surface area (Å²) in [6.45, 7) is 2.76. The topological polar surface area (TPSA) is 34.1 Å².